The first-order valence-corrected chi connectivity index (χ1v) is 7.92. The molecule has 0 aliphatic heterocycles. The monoisotopic (exact) mass is 292 g/mol. The lowest BCUT2D eigenvalue weighted by Crippen LogP contribution is -2.44. The maximum atomic E-state index is 10.3. The normalized spacial score (nSPS) is 22.9. The second-order valence-electron chi connectivity index (χ2n) is 5.29. The highest BCUT2D eigenvalue weighted by Crippen LogP contribution is 2.32. The van der Waals surface area contributed by atoms with Gasteiger partial charge in [-0.15, -0.1) is 11.3 Å². The molecule has 1 aliphatic carbocycles. The van der Waals surface area contributed by atoms with Gasteiger partial charge in [0.2, 0.25) is 5.95 Å². The van der Waals surface area contributed by atoms with E-state index in [1.807, 2.05) is 19.5 Å². The fraction of sp³-hybridized carbons (Fsp3) is 0.571. The minimum Gasteiger partial charge on any atom is -0.391 e. The van der Waals surface area contributed by atoms with Crippen molar-refractivity contribution in [2.75, 3.05) is 24.3 Å². The standard InChI is InChI=1S/C14H20N4OS/c1-15-14-16-12(9-7-8-20-13(9)17-14)18(2)10-5-3-4-6-11(10)19/h7-8,10-11,19H,3-6H2,1-2H3,(H,15,16,17). The molecule has 2 atom stereocenters. The van der Waals surface area contributed by atoms with Crippen LogP contribution >= 0.6 is 11.3 Å². The average Bonchev–Trinajstić information content (AvgIpc) is 2.94. The van der Waals surface area contributed by atoms with Crippen LogP contribution in [0.2, 0.25) is 0 Å². The number of aliphatic hydroxyl groups is 1. The molecule has 0 bridgehead atoms. The molecule has 108 valence electrons. The molecule has 6 heteroatoms. The van der Waals surface area contributed by atoms with Crippen molar-refractivity contribution in [2.24, 2.45) is 0 Å². The van der Waals surface area contributed by atoms with Gasteiger partial charge in [-0.3, -0.25) is 0 Å². The summed E-state index contributed by atoms with van der Waals surface area (Å²) in [6, 6.07) is 2.20. The van der Waals surface area contributed by atoms with Crippen molar-refractivity contribution in [3.05, 3.63) is 11.4 Å². The van der Waals surface area contributed by atoms with Crippen LogP contribution in [0.1, 0.15) is 25.7 Å². The van der Waals surface area contributed by atoms with Gasteiger partial charge in [0.05, 0.1) is 17.5 Å². The lowest BCUT2D eigenvalue weighted by Gasteiger charge is -2.36. The molecule has 2 aromatic heterocycles. The van der Waals surface area contributed by atoms with Crippen LogP contribution in [0.4, 0.5) is 11.8 Å². The van der Waals surface area contributed by atoms with Gasteiger partial charge in [0.25, 0.3) is 0 Å². The number of nitrogens with one attached hydrogen (secondary N) is 1. The highest BCUT2D eigenvalue weighted by molar-refractivity contribution is 7.16. The number of hydrogen-bond donors (Lipinski definition) is 2. The summed E-state index contributed by atoms with van der Waals surface area (Å²) in [5, 5.41) is 16.4. The maximum Gasteiger partial charge on any atom is 0.225 e. The third-order valence-corrected chi connectivity index (χ3v) is 4.86. The van der Waals surface area contributed by atoms with Gasteiger partial charge in [0, 0.05) is 14.1 Å². The number of rotatable bonds is 3. The molecule has 0 radical (unpaired) electrons. The van der Waals surface area contributed by atoms with E-state index in [9.17, 15) is 5.11 Å². The lowest BCUT2D eigenvalue weighted by molar-refractivity contribution is 0.106. The summed E-state index contributed by atoms with van der Waals surface area (Å²) < 4.78 is 0. The van der Waals surface area contributed by atoms with Crippen LogP contribution in [0.5, 0.6) is 0 Å². The van der Waals surface area contributed by atoms with E-state index in [0.29, 0.717) is 5.95 Å². The molecule has 5 nitrogen and oxygen atoms in total. The molecule has 0 spiro atoms. The molecule has 3 rings (SSSR count). The van der Waals surface area contributed by atoms with E-state index in [0.717, 1.165) is 35.3 Å². The topological polar surface area (TPSA) is 61.3 Å². The second kappa shape index (κ2) is 5.54. The van der Waals surface area contributed by atoms with Crippen molar-refractivity contribution in [3.8, 4) is 0 Å². The van der Waals surface area contributed by atoms with Gasteiger partial charge in [0.15, 0.2) is 0 Å². The number of hydrogen-bond acceptors (Lipinski definition) is 6. The molecule has 0 aromatic carbocycles. The predicted octanol–water partition coefficient (Wildman–Crippen LogP) is 2.47. The van der Waals surface area contributed by atoms with E-state index >= 15 is 0 Å². The number of anilines is 2. The first kappa shape index (κ1) is 13.6. The minimum atomic E-state index is -0.268. The third-order valence-electron chi connectivity index (χ3n) is 4.05. The van der Waals surface area contributed by atoms with Gasteiger partial charge in [0.1, 0.15) is 10.6 Å². The first-order chi connectivity index (χ1) is 9.70. The lowest BCUT2D eigenvalue weighted by atomic mass is 9.91. The zero-order chi connectivity index (χ0) is 14.1. The van der Waals surface area contributed by atoms with E-state index < -0.39 is 0 Å². The summed E-state index contributed by atoms with van der Waals surface area (Å²) in [6.45, 7) is 0. The van der Waals surface area contributed by atoms with E-state index in [2.05, 4.69) is 26.3 Å². The smallest absolute Gasteiger partial charge is 0.225 e. The van der Waals surface area contributed by atoms with Crippen LogP contribution in [0, 0.1) is 0 Å². The van der Waals surface area contributed by atoms with Crippen molar-refractivity contribution in [1.82, 2.24) is 9.97 Å². The Balaban J connectivity index is 2.01. The molecule has 0 amide bonds. The summed E-state index contributed by atoms with van der Waals surface area (Å²) in [5.74, 6) is 1.54. The summed E-state index contributed by atoms with van der Waals surface area (Å²) in [6.07, 6.45) is 3.91. The van der Waals surface area contributed by atoms with Crippen molar-refractivity contribution in [2.45, 2.75) is 37.8 Å². The van der Waals surface area contributed by atoms with Crippen molar-refractivity contribution < 1.29 is 5.11 Å². The summed E-state index contributed by atoms with van der Waals surface area (Å²) in [5.41, 5.74) is 0. The Morgan fingerprint density at radius 3 is 2.90 bits per heavy atom. The number of likely N-dealkylation sites (N-methyl/N-ethyl adjacent to an activating group) is 1. The molecule has 2 aromatic rings. The summed E-state index contributed by atoms with van der Waals surface area (Å²) in [7, 11) is 3.85. The Bertz CT molecular complexity index is 600. The molecule has 1 saturated carbocycles. The van der Waals surface area contributed by atoms with Crippen LogP contribution in [0.3, 0.4) is 0 Å². The fourth-order valence-corrected chi connectivity index (χ4v) is 3.68. The van der Waals surface area contributed by atoms with Crippen LogP contribution in [0.15, 0.2) is 11.4 Å². The Labute approximate surface area is 122 Å². The molecular formula is C14H20N4OS. The molecule has 1 fully saturated rings. The first-order valence-electron chi connectivity index (χ1n) is 7.04. The van der Waals surface area contributed by atoms with E-state index in [1.165, 1.54) is 6.42 Å². The third kappa shape index (κ3) is 2.33. The zero-order valence-corrected chi connectivity index (χ0v) is 12.7. The number of aliphatic hydroxyl groups excluding tert-OH is 1. The van der Waals surface area contributed by atoms with E-state index in [-0.39, 0.29) is 12.1 Å². The van der Waals surface area contributed by atoms with Gasteiger partial charge in [-0.2, -0.15) is 4.98 Å². The average molecular weight is 292 g/mol. The van der Waals surface area contributed by atoms with Crippen LogP contribution < -0.4 is 10.2 Å². The van der Waals surface area contributed by atoms with Crippen molar-refractivity contribution in [1.29, 1.82) is 0 Å². The van der Waals surface area contributed by atoms with Gasteiger partial charge in [-0.25, -0.2) is 4.98 Å². The minimum absolute atomic E-state index is 0.145. The highest BCUT2D eigenvalue weighted by atomic mass is 32.1. The Kier molecular flexibility index (Phi) is 3.76. The SMILES string of the molecule is CNc1nc(N(C)C2CCCCC2O)c2ccsc2n1. The highest BCUT2D eigenvalue weighted by Gasteiger charge is 2.28. The molecule has 2 N–H and O–H groups in total. The second-order valence-corrected chi connectivity index (χ2v) is 6.18. The molecular weight excluding hydrogens is 272 g/mol. The Morgan fingerprint density at radius 2 is 2.15 bits per heavy atom. The van der Waals surface area contributed by atoms with Gasteiger partial charge < -0.3 is 15.3 Å². The van der Waals surface area contributed by atoms with Gasteiger partial charge in [-0.1, -0.05) is 12.8 Å². The number of nitrogens with zero attached hydrogens (tertiary/aromatic N) is 3. The summed E-state index contributed by atoms with van der Waals surface area (Å²) in [4.78, 5) is 12.2. The number of fused-ring (bicyclic) bond motifs is 1. The Hall–Kier alpha value is -1.40. The van der Waals surface area contributed by atoms with Crippen molar-refractivity contribution >= 4 is 33.3 Å². The van der Waals surface area contributed by atoms with E-state index in [4.69, 9.17) is 0 Å². The van der Waals surface area contributed by atoms with Gasteiger partial charge in [-0.05, 0) is 24.3 Å². The largest absolute Gasteiger partial charge is 0.391 e. The molecule has 2 heterocycles. The fourth-order valence-electron chi connectivity index (χ4n) is 2.92. The number of aromatic nitrogens is 2. The molecule has 2 unspecified atom stereocenters. The van der Waals surface area contributed by atoms with Crippen LogP contribution in [-0.2, 0) is 0 Å². The summed E-state index contributed by atoms with van der Waals surface area (Å²) >= 11 is 1.62. The predicted molar refractivity (Wildman–Crippen MR) is 83.6 cm³/mol. The molecule has 0 saturated heterocycles. The Morgan fingerprint density at radius 1 is 1.35 bits per heavy atom. The van der Waals surface area contributed by atoms with Crippen LogP contribution in [-0.4, -0.2) is 41.3 Å². The zero-order valence-electron chi connectivity index (χ0n) is 11.8. The van der Waals surface area contributed by atoms with Gasteiger partial charge >= 0.3 is 0 Å². The molecule has 1 aliphatic rings. The van der Waals surface area contributed by atoms with E-state index in [1.54, 1.807) is 11.3 Å². The van der Waals surface area contributed by atoms with Crippen molar-refractivity contribution in [3.63, 3.8) is 0 Å². The number of thiophene rings is 1. The molecule has 20 heavy (non-hydrogen) atoms. The quantitative estimate of drug-likeness (QED) is 0.910. The van der Waals surface area contributed by atoms with Crippen LogP contribution in [0.25, 0.3) is 10.2 Å². The maximum absolute atomic E-state index is 10.3.